The van der Waals surface area contributed by atoms with Gasteiger partial charge in [0.05, 0.1) is 0 Å². The van der Waals surface area contributed by atoms with Crippen molar-refractivity contribution in [1.29, 1.82) is 0 Å². The van der Waals surface area contributed by atoms with Gasteiger partial charge in [0.2, 0.25) is 0 Å². The molecule has 0 aromatic rings. The van der Waals surface area contributed by atoms with Crippen LogP contribution in [0, 0.1) is 17.3 Å². The second kappa shape index (κ2) is 2.50. The zero-order chi connectivity index (χ0) is 7.90. The van der Waals surface area contributed by atoms with Crippen LogP contribution in [-0.4, -0.2) is 0 Å². The van der Waals surface area contributed by atoms with Gasteiger partial charge < -0.3 is 0 Å². The third kappa shape index (κ3) is 1.02. The van der Waals surface area contributed by atoms with Crippen molar-refractivity contribution in [1.82, 2.24) is 0 Å². The second-order valence-electron chi connectivity index (χ2n) is 4.73. The molecule has 0 saturated heterocycles. The first-order valence-corrected chi connectivity index (χ1v) is 5.29. The summed E-state index contributed by atoms with van der Waals surface area (Å²) < 4.78 is 0. The summed E-state index contributed by atoms with van der Waals surface area (Å²) in [6.45, 7) is 4.74. The van der Waals surface area contributed by atoms with Crippen LogP contribution in [0.25, 0.3) is 0 Å². The predicted molar refractivity (Wildman–Crippen MR) is 48.5 cm³/mol. The molecular weight excluding hydrogens is 132 g/mol. The molecule has 0 spiro atoms. The summed E-state index contributed by atoms with van der Waals surface area (Å²) in [5, 5.41) is 0. The molecule has 0 heteroatoms. The summed E-state index contributed by atoms with van der Waals surface area (Å²) in [6.07, 6.45) is 9.10. The van der Waals surface area contributed by atoms with Crippen molar-refractivity contribution in [2.24, 2.45) is 17.3 Å². The average Bonchev–Trinajstić information content (AvgIpc) is 2.02. The summed E-state index contributed by atoms with van der Waals surface area (Å²) in [5.41, 5.74) is 0.844. The number of fused-ring (bicyclic) bond motifs is 2. The standard InChI is InChI=1S/C11H20/c1-3-9-5-6-11(4-2)7-10(9)8-11/h9-10H,3-8H2,1-2H3. The molecule has 64 valence electrons. The molecule has 11 heavy (non-hydrogen) atoms. The molecule has 0 nitrogen and oxygen atoms in total. The minimum Gasteiger partial charge on any atom is -0.0651 e. The molecule has 3 saturated carbocycles. The third-order valence-corrected chi connectivity index (χ3v) is 4.38. The van der Waals surface area contributed by atoms with E-state index in [2.05, 4.69) is 13.8 Å². The molecule has 1 atom stereocenters. The fourth-order valence-corrected chi connectivity index (χ4v) is 3.32. The molecule has 2 bridgehead atoms. The molecular formula is C11H20. The van der Waals surface area contributed by atoms with E-state index in [1.165, 1.54) is 19.3 Å². The van der Waals surface area contributed by atoms with Crippen molar-refractivity contribution in [2.45, 2.75) is 52.4 Å². The maximum absolute atomic E-state index is 2.38. The zero-order valence-corrected chi connectivity index (χ0v) is 7.90. The van der Waals surface area contributed by atoms with Crippen molar-refractivity contribution < 1.29 is 0 Å². The Balaban J connectivity index is 1.96. The number of hydrogen-bond acceptors (Lipinski definition) is 0. The molecule has 1 unspecified atom stereocenters. The normalized spacial score (nSPS) is 48.5. The van der Waals surface area contributed by atoms with Crippen molar-refractivity contribution in [3.05, 3.63) is 0 Å². The van der Waals surface area contributed by atoms with Gasteiger partial charge in [-0.05, 0) is 42.9 Å². The lowest BCUT2D eigenvalue weighted by molar-refractivity contribution is -0.0514. The quantitative estimate of drug-likeness (QED) is 0.567. The molecule has 0 aromatic heterocycles. The highest BCUT2D eigenvalue weighted by Gasteiger charge is 2.48. The topological polar surface area (TPSA) is 0 Å². The Labute approximate surface area is 70.4 Å². The molecule has 3 aliphatic carbocycles. The first-order chi connectivity index (χ1) is 5.29. The van der Waals surface area contributed by atoms with E-state index in [1.54, 1.807) is 19.3 Å². The van der Waals surface area contributed by atoms with Gasteiger partial charge in [-0.25, -0.2) is 0 Å². The second-order valence-corrected chi connectivity index (χ2v) is 4.73. The lowest BCUT2D eigenvalue weighted by Crippen LogP contribution is -2.45. The molecule has 0 aliphatic heterocycles. The molecule has 3 fully saturated rings. The van der Waals surface area contributed by atoms with Gasteiger partial charge in [0.15, 0.2) is 0 Å². The Morgan fingerprint density at radius 2 is 2.00 bits per heavy atom. The lowest BCUT2D eigenvalue weighted by Gasteiger charge is -2.56. The molecule has 0 heterocycles. The Kier molecular flexibility index (Phi) is 1.74. The van der Waals surface area contributed by atoms with E-state index in [9.17, 15) is 0 Å². The fraction of sp³-hybridized carbons (Fsp3) is 1.00. The first-order valence-electron chi connectivity index (χ1n) is 5.29. The van der Waals surface area contributed by atoms with Crippen LogP contribution in [0.3, 0.4) is 0 Å². The number of hydrogen-bond donors (Lipinski definition) is 0. The minimum atomic E-state index is 0.844. The Hall–Kier alpha value is 0. The highest BCUT2D eigenvalue weighted by atomic mass is 14.5. The van der Waals surface area contributed by atoms with Crippen LogP contribution in [0.15, 0.2) is 0 Å². The molecule has 0 N–H and O–H groups in total. The van der Waals surface area contributed by atoms with Crippen molar-refractivity contribution in [3.8, 4) is 0 Å². The first kappa shape index (κ1) is 7.64. The number of rotatable bonds is 2. The largest absolute Gasteiger partial charge is 0.0651 e. The zero-order valence-electron chi connectivity index (χ0n) is 7.90. The maximum atomic E-state index is 2.38. The van der Waals surface area contributed by atoms with Gasteiger partial charge in [0.25, 0.3) is 0 Å². The van der Waals surface area contributed by atoms with Crippen LogP contribution in [0.4, 0.5) is 0 Å². The summed E-state index contributed by atoms with van der Waals surface area (Å²) in [6, 6.07) is 0. The van der Waals surface area contributed by atoms with Gasteiger partial charge in [0.1, 0.15) is 0 Å². The monoisotopic (exact) mass is 152 g/mol. The molecule has 0 radical (unpaired) electrons. The fourth-order valence-electron chi connectivity index (χ4n) is 3.32. The molecule has 0 amide bonds. The Morgan fingerprint density at radius 3 is 2.36 bits per heavy atom. The average molecular weight is 152 g/mol. The minimum absolute atomic E-state index is 0.844. The van der Waals surface area contributed by atoms with E-state index in [1.807, 2.05) is 0 Å². The van der Waals surface area contributed by atoms with E-state index >= 15 is 0 Å². The Bertz CT molecular complexity index is 137. The molecule has 3 rings (SSSR count). The van der Waals surface area contributed by atoms with Crippen LogP contribution in [0.5, 0.6) is 0 Å². The van der Waals surface area contributed by atoms with E-state index < -0.39 is 0 Å². The summed E-state index contributed by atoms with van der Waals surface area (Å²) in [4.78, 5) is 0. The van der Waals surface area contributed by atoms with Gasteiger partial charge >= 0.3 is 0 Å². The van der Waals surface area contributed by atoms with Gasteiger partial charge in [0, 0.05) is 0 Å². The van der Waals surface area contributed by atoms with E-state index in [-0.39, 0.29) is 0 Å². The molecule has 3 aliphatic rings. The van der Waals surface area contributed by atoms with E-state index in [4.69, 9.17) is 0 Å². The van der Waals surface area contributed by atoms with Gasteiger partial charge in [-0.15, -0.1) is 0 Å². The lowest BCUT2D eigenvalue weighted by atomic mass is 9.49. The third-order valence-electron chi connectivity index (χ3n) is 4.38. The highest BCUT2D eigenvalue weighted by molar-refractivity contribution is 4.99. The van der Waals surface area contributed by atoms with Crippen molar-refractivity contribution in [3.63, 3.8) is 0 Å². The van der Waals surface area contributed by atoms with E-state index in [0.717, 1.165) is 17.3 Å². The SMILES string of the molecule is CCC1CCC2(CC)CC1C2. The van der Waals surface area contributed by atoms with Crippen LogP contribution < -0.4 is 0 Å². The van der Waals surface area contributed by atoms with Crippen LogP contribution in [0.2, 0.25) is 0 Å². The Morgan fingerprint density at radius 1 is 1.27 bits per heavy atom. The summed E-state index contributed by atoms with van der Waals surface area (Å²) >= 11 is 0. The predicted octanol–water partition coefficient (Wildman–Crippen LogP) is 3.61. The summed E-state index contributed by atoms with van der Waals surface area (Å²) in [5.74, 6) is 2.23. The van der Waals surface area contributed by atoms with Gasteiger partial charge in [-0.2, -0.15) is 0 Å². The molecule has 0 aromatic carbocycles. The van der Waals surface area contributed by atoms with Crippen LogP contribution in [-0.2, 0) is 0 Å². The van der Waals surface area contributed by atoms with Gasteiger partial charge in [-0.3, -0.25) is 0 Å². The highest BCUT2D eigenvalue weighted by Crippen LogP contribution is 2.60. The van der Waals surface area contributed by atoms with Crippen molar-refractivity contribution in [2.75, 3.05) is 0 Å². The summed E-state index contributed by atoms with van der Waals surface area (Å²) in [7, 11) is 0. The van der Waals surface area contributed by atoms with Gasteiger partial charge in [-0.1, -0.05) is 26.7 Å². The van der Waals surface area contributed by atoms with Crippen molar-refractivity contribution >= 4 is 0 Å². The van der Waals surface area contributed by atoms with Crippen LogP contribution in [0.1, 0.15) is 52.4 Å². The smallest absolute Gasteiger partial charge is 0.0295 e. The van der Waals surface area contributed by atoms with E-state index in [0.29, 0.717) is 0 Å². The maximum Gasteiger partial charge on any atom is -0.0295 e. The van der Waals surface area contributed by atoms with Crippen LogP contribution >= 0.6 is 0 Å².